The van der Waals surface area contributed by atoms with Crippen LogP contribution in [0.2, 0.25) is 5.02 Å². The van der Waals surface area contributed by atoms with Gasteiger partial charge in [0, 0.05) is 17.1 Å². The van der Waals surface area contributed by atoms with E-state index in [1.807, 2.05) is 72.8 Å². The number of amides is 1. The molecule has 0 atom stereocenters. The van der Waals surface area contributed by atoms with Crippen LogP contribution in [0.25, 0.3) is 17.1 Å². The van der Waals surface area contributed by atoms with Crippen LogP contribution in [0, 0.1) is 0 Å². The van der Waals surface area contributed by atoms with Crippen molar-refractivity contribution in [2.45, 2.75) is 6.54 Å². The molecule has 0 spiro atoms. The van der Waals surface area contributed by atoms with Crippen LogP contribution in [0.4, 0.5) is 0 Å². The molecular formula is C22H17ClN4O. The third-order valence-corrected chi connectivity index (χ3v) is 4.42. The Bertz CT molecular complexity index is 1090. The van der Waals surface area contributed by atoms with E-state index in [9.17, 15) is 4.79 Å². The number of rotatable bonds is 5. The van der Waals surface area contributed by atoms with Crippen molar-refractivity contribution in [2.24, 2.45) is 0 Å². The van der Waals surface area contributed by atoms with Crippen molar-refractivity contribution in [3.63, 3.8) is 0 Å². The van der Waals surface area contributed by atoms with Gasteiger partial charge in [0.1, 0.15) is 0 Å². The maximum Gasteiger partial charge on any atom is 0.291 e. The summed E-state index contributed by atoms with van der Waals surface area (Å²) >= 11 is 6.14. The monoisotopic (exact) mass is 388 g/mol. The number of para-hydroxylation sites is 1. The van der Waals surface area contributed by atoms with Gasteiger partial charge in [0.05, 0.1) is 5.69 Å². The van der Waals surface area contributed by atoms with Crippen LogP contribution in [0.15, 0.2) is 84.9 Å². The molecule has 0 bridgehead atoms. The fourth-order valence-corrected chi connectivity index (χ4v) is 3.02. The second-order valence-corrected chi connectivity index (χ2v) is 6.62. The summed E-state index contributed by atoms with van der Waals surface area (Å²) in [6.45, 7) is 0.409. The lowest BCUT2D eigenvalue weighted by atomic mass is 10.2. The average Bonchev–Trinajstić information content (AvgIpc) is 3.19. The molecule has 6 heteroatoms. The zero-order chi connectivity index (χ0) is 19.3. The van der Waals surface area contributed by atoms with Crippen LogP contribution in [0.3, 0.4) is 0 Å². The molecule has 0 fully saturated rings. The van der Waals surface area contributed by atoms with Gasteiger partial charge in [-0.1, -0.05) is 72.3 Å². The molecule has 0 unspecified atom stereocenters. The normalized spacial score (nSPS) is 10.6. The molecule has 0 saturated carbocycles. The highest BCUT2D eigenvalue weighted by atomic mass is 35.5. The van der Waals surface area contributed by atoms with Crippen molar-refractivity contribution in [3.05, 3.63) is 101 Å². The van der Waals surface area contributed by atoms with E-state index in [1.54, 1.807) is 16.8 Å². The molecule has 1 amide bonds. The number of aromatic nitrogens is 3. The summed E-state index contributed by atoms with van der Waals surface area (Å²) in [6.07, 6.45) is 0. The molecular weight excluding hydrogens is 372 g/mol. The van der Waals surface area contributed by atoms with E-state index in [0.717, 1.165) is 16.8 Å². The van der Waals surface area contributed by atoms with Crippen LogP contribution in [-0.4, -0.2) is 20.7 Å². The van der Waals surface area contributed by atoms with Crippen molar-refractivity contribution in [2.75, 3.05) is 0 Å². The van der Waals surface area contributed by atoms with Crippen LogP contribution >= 0.6 is 11.6 Å². The smallest absolute Gasteiger partial charge is 0.291 e. The van der Waals surface area contributed by atoms with Crippen LogP contribution in [0.1, 0.15) is 16.2 Å². The van der Waals surface area contributed by atoms with Gasteiger partial charge in [0.2, 0.25) is 5.82 Å². The highest BCUT2D eigenvalue weighted by Crippen LogP contribution is 2.24. The molecule has 138 valence electrons. The molecule has 0 radical (unpaired) electrons. The summed E-state index contributed by atoms with van der Waals surface area (Å²) in [7, 11) is 0. The number of hydrogen-bond donors (Lipinski definition) is 1. The molecule has 0 aliphatic rings. The molecule has 1 heterocycles. The minimum Gasteiger partial charge on any atom is -0.345 e. The van der Waals surface area contributed by atoms with Crippen LogP contribution in [0.5, 0.6) is 0 Å². The maximum absolute atomic E-state index is 12.6. The van der Waals surface area contributed by atoms with Crippen molar-refractivity contribution < 1.29 is 4.79 Å². The molecule has 0 saturated heterocycles. The highest BCUT2D eigenvalue weighted by molar-refractivity contribution is 6.30. The quantitative estimate of drug-likeness (QED) is 0.547. The SMILES string of the molecule is O=C(NCc1ccccc1)c1nc(-c2cccc(Cl)c2)n(-c2ccccc2)n1. The maximum atomic E-state index is 12.6. The number of nitrogens with one attached hydrogen (secondary N) is 1. The number of halogens is 1. The lowest BCUT2D eigenvalue weighted by Gasteiger charge is -2.05. The van der Waals surface area contributed by atoms with Gasteiger partial charge in [0.25, 0.3) is 5.91 Å². The summed E-state index contributed by atoms with van der Waals surface area (Å²) in [5, 5.41) is 7.91. The summed E-state index contributed by atoms with van der Waals surface area (Å²) < 4.78 is 1.66. The largest absolute Gasteiger partial charge is 0.345 e. The standard InChI is InChI=1S/C22H17ClN4O/c23-18-11-7-10-17(14-18)21-25-20(26-27(21)19-12-5-2-6-13-19)22(28)24-15-16-8-3-1-4-9-16/h1-14H,15H2,(H,24,28). The van der Waals surface area contributed by atoms with Gasteiger partial charge in [-0.05, 0) is 29.8 Å². The molecule has 28 heavy (non-hydrogen) atoms. The first kappa shape index (κ1) is 17.9. The highest BCUT2D eigenvalue weighted by Gasteiger charge is 2.18. The zero-order valence-corrected chi connectivity index (χ0v) is 15.7. The number of benzene rings is 3. The number of carbonyl (C=O) groups excluding carboxylic acids is 1. The minimum absolute atomic E-state index is 0.106. The first-order valence-electron chi connectivity index (χ1n) is 8.81. The van der Waals surface area contributed by atoms with Gasteiger partial charge < -0.3 is 5.32 Å². The first-order valence-corrected chi connectivity index (χ1v) is 9.19. The molecule has 5 nitrogen and oxygen atoms in total. The van der Waals surface area contributed by atoms with Gasteiger partial charge in [-0.2, -0.15) is 0 Å². The van der Waals surface area contributed by atoms with E-state index < -0.39 is 0 Å². The molecule has 0 aliphatic carbocycles. The average molecular weight is 389 g/mol. The Morgan fingerprint density at radius 3 is 2.36 bits per heavy atom. The second-order valence-electron chi connectivity index (χ2n) is 6.18. The van der Waals surface area contributed by atoms with Gasteiger partial charge in [-0.15, -0.1) is 5.10 Å². The Labute approximate surface area is 167 Å². The van der Waals surface area contributed by atoms with E-state index in [2.05, 4.69) is 15.4 Å². The summed E-state index contributed by atoms with van der Waals surface area (Å²) in [6, 6.07) is 26.6. The van der Waals surface area contributed by atoms with Gasteiger partial charge in [-0.3, -0.25) is 4.79 Å². The van der Waals surface area contributed by atoms with Crippen molar-refractivity contribution in [3.8, 4) is 17.1 Å². The Kier molecular flexibility index (Phi) is 5.17. The second kappa shape index (κ2) is 8.06. The third kappa shape index (κ3) is 3.94. The minimum atomic E-state index is -0.332. The topological polar surface area (TPSA) is 59.8 Å². The zero-order valence-electron chi connectivity index (χ0n) is 14.9. The Hall–Kier alpha value is -3.44. The lowest BCUT2D eigenvalue weighted by molar-refractivity contribution is 0.0940. The Morgan fingerprint density at radius 1 is 0.929 bits per heavy atom. The predicted molar refractivity (Wildman–Crippen MR) is 109 cm³/mol. The third-order valence-electron chi connectivity index (χ3n) is 4.19. The van der Waals surface area contributed by atoms with E-state index in [1.165, 1.54) is 0 Å². The molecule has 4 rings (SSSR count). The Balaban J connectivity index is 1.68. The van der Waals surface area contributed by atoms with Gasteiger partial charge in [0.15, 0.2) is 5.82 Å². The molecule has 0 aliphatic heterocycles. The lowest BCUT2D eigenvalue weighted by Crippen LogP contribution is -2.24. The fraction of sp³-hybridized carbons (Fsp3) is 0.0455. The number of carbonyl (C=O) groups is 1. The van der Waals surface area contributed by atoms with Crippen LogP contribution < -0.4 is 5.32 Å². The molecule has 4 aromatic rings. The molecule has 1 N–H and O–H groups in total. The predicted octanol–water partition coefficient (Wildman–Crippen LogP) is 4.52. The Morgan fingerprint density at radius 2 is 1.64 bits per heavy atom. The number of nitrogens with zero attached hydrogens (tertiary/aromatic N) is 3. The van der Waals surface area contributed by atoms with Crippen LogP contribution in [-0.2, 0) is 6.54 Å². The van der Waals surface area contributed by atoms with E-state index in [0.29, 0.717) is 17.4 Å². The van der Waals surface area contributed by atoms with Crippen molar-refractivity contribution in [1.82, 2.24) is 20.1 Å². The van der Waals surface area contributed by atoms with Gasteiger partial charge >= 0.3 is 0 Å². The summed E-state index contributed by atoms with van der Waals surface area (Å²) in [4.78, 5) is 17.1. The van der Waals surface area contributed by atoms with E-state index in [-0.39, 0.29) is 11.7 Å². The van der Waals surface area contributed by atoms with E-state index in [4.69, 9.17) is 11.6 Å². The number of hydrogen-bond acceptors (Lipinski definition) is 3. The fourth-order valence-electron chi connectivity index (χ4n) is 2.83. The summed E-state index contributed by atoms with van der Waals surface area (Å²) in [5.41, 5.74) is 2.60. The van der Waals surface area contributed by atoms with Gasteiger partial charge in [-0.25, -0.2) is 9.67 Å². The van der Waals surface area contributed by atoms with Crippen molar-refractivity contribution in [1.29, 1.82) is 0 Å². The first-order chi connectivity index (χ1) is 13.7. The van der Waals surface area contributed by atoms with E-state index >= 15 is 0 Å². The molecule has 3 aromatic carbocycles. The molecule has 1 aromatic heterocycles. The van der Waals surface area contributed by atoms with Crippen molar-refractivity contribution >= 4 is 17.5 Å². The summed E-state index contributed by atoms with van der Waals surface area (Å²) in [5.74, 6) is 0.329.